The van der Waals surface area contributed by atoms with E-state index in [0.717, 1.165) is 35.0 Å². The second kappa shape index (κ2) is 7.43. The van der Waals surface area contributed by atoms with Crippen molar-refractivity contribution in [3.63, 3.8) is 0 Å². The molecule has 1 aromatic rings. The van der Waals surface area contributed by atoms with Gasteiger partial charge in [-0.05, 0) is 49.4 Å². The Bertz CT molecular complexity index is 461. The van der Waals surface area contributed by atoms with Crippen LogP contribution >= 0.6 is 28.3 Å². The summed E-state index contributed by atoms with van der Waals surface area (Å²) in [5, 5.41) is 0. The lowest BCUT2D eigenvalue weighted by molar-refractivity contribution is 0.0573. The number of rotatable bonds is 2. The third kappa shape index (κ3) is 3.96. The molecule has 20 heavy (non-hydrogen) atoms. The summed E-state index contributed by atoms with van der Waals surface area (Å²) in [5.41, 5.74) is 7.67. The van der Waals surface area contributed by atoms with E-state index >= 15 is 0 Å². The molecule has 1 fully saturated rings. The lowest BCUT2D eigenvalue weighted by atomic mass is 9.92. The Morgan fingerprint density at radius 2 is 2.15 bits per heavy atom. The molecule has 1 aliphatic heterocycles. The highest BCUT2D eigenvalue weighted by atomic mass is 79.9. The third-order valence-electron chi connectivity index (χ3n) is 3.80. The van der Waals surface area contributed by atoms with Gasteiger partial charge >= 0.3 is 0 Å². The number of nitrogens with zero attached hydrogens (tertiary/aromatic N) is 1. The van der Waals surface area contributed by atoms with Crippen LogP contribution in [0.5, 0.6) is 0 Å². The van der Waals surface area contributed by atoms with Crippen molar-refractivity contribution in [3.05, 3.63) is 33.8 Å². The first-order valence-electron chi connectivity index (χ1n) is 6.79. The first-order valence-corrected chi connectivity index (χ1v) is 7.58. The van der Waals surface area contributed by atoms with Gasteiger partial charge in [-0.3, -0.25) is 4.79 Å². The number of hydrogen-bond donors (Lipinski definition) is 1. The molecular weight excluding hydrogens is 340 g/mol. The first kappa shape index (κ1) is 17.5. The molecule has 0 radical (unpaired) electrons. The van der Waals surface area contributed by atoms with Gasteiger partial charge in [0.25, 0.3) is 5.91 Å². The number of carbonyl (C=O) groups is 1. The minimum atomic E-state index is 0. The Morgan fingerprint density at radius 1 is 1.45 bits per heavy atom. The maximum absolute atomic E-state index is 12.6. The summed E-state index contributed by atoms with van der Waals surface area (Å²) < 4.78 is 0.950. The van der Waals surface area contributed by atoms with Crippen molar-refractivity contribution in [1.29, 1.82) is 0 Å². The fourth-order valence-corrected chi connectivity index (χ4v) is 3.38. The van der Waals surface area contributed by atoms with Gasteiger partial charge in [-0.1, -0.05) is 22.9 Å². The molecule has 1 aromatic carbocycles. The molecule has 2 N–H and O–H groups in total. The van der Waals surface area contributed by atoms with Gasteiger partial charge in [-0.2, -0.15) is 0 Å². The maximum atomic E-state index is 12.6. The molecule has 1 saturated heterocycles. The molecule has 1 heterocycles. The van der Waals surface area contributed by atoms with Gasteiger partial charge < -0.3 is 10.6 Å². The summed E-state index contributed by atoms with van der Waals surface area (Å²) in [4.78, 5) is 14.6. The van der Waals surface area contributed by atoms with Gasteiger partial charge in [-0.15, -0.1) is 12.4 Å². The Kier molecular flexibility index (Phi) is 6.49. The summed E-state index contributed by atoms with van der Waals surface area (Å²) in [7, 11) is 0. The summed E-state index contributed by atoms with van der Waals surface area (Å²) in [5.74, 6) is 0.758. The number of nitrogens with two attached hydrogens (primary N) is 1. The van der Waals surface area contributed by atoms with Crippen LogP contribution in [-0.2, 0) is 0 Å². The largest absolute Gasteiger partial charge is 0.334 e. The fourth-order valence-electron chi connectivity index (χ4n) is 2.77. The molecule has 112 valence electrons. The summed E-state index contributed by atoms with van der Waals surface area (Å²) >= 11 is 3.45. The molecule has 1 aliphatic rings. The van der Waals surface area contributed by atoms with Crippen molar-refractivity contribution in [2.24, 2.45) is 11.7 Å². The van der Waals surface area contributed by atoms with Crippen molar-refractivity contribution in [2.45, 2.75) is 32.7 Å². The minimum absolute atomic E-state index is 0. The van der Waals surface area contributed by atoms with Crippen molar-refractivity contribution >= 4 is 34.2 Å². The number of halogens is 2. The molecule has 1 amide bonds. The zero-order chi connectivity index (χ0) is 14.0. The van der Waals surface area contributed by atoms with E-state index in [4.69, 9.17) is 5.73 Å². The Labute approximate surface area is 135 Å². The Hall–Kier alpha value is -0.580. The quantitative estimate of drug-likeness (QED) is 0.878. The molecule has 0 saturated carbocycles. The zero-order valence-corrected chi connectivity index (χ0v) is 14.3. The molecule has 0 aliphatic carbocycles. The average molecular weight is 362 g/mol. The van der Waals surface area contributed by atoms with E-state index in [1.54, 1.807) is 0 Å². The summed E-state index contributed by atoms with van der Waals surface area (Å²) in [6.07, 6.45) is 2.07. The van der Waals surface area contributed by atoms with Crippen LogP contribution in [-0.4, -0.2) is 29.9 Å². The van der Waals surface area contributed by atoms with Gasteiger partial charge in [0.05, 0.1) is 0 Å². The van der Waals surface area contributed by atoms with E-state index in [1.165, 1.54) is 0 Å². The predicted molar refractivity (Wildman–Crippen MR) is 88.4 cm³/mol. The van der Waals surface area contributed by atoms with Gasteiger partial charge in [-0.25, -0.2) is 0 Å². The molecule has 2 unspecified atom stereocenters. The Balaban J connectivity index is 0.00000200. The topological polar surface area (TPSA) is 46.3 Å². The Morgan fingerprint density at radius 3 is 2.75 bits per heavy atom. The average Bonchev–Trinajstić information content (AvgIpc) is 2.36. The monoisotopic (exact) mass is 360 g/mol. The number of hydrogen-bond acceptors (Lipinski definition) is 2. The van der Waals surface area contributed by atoms with Crippen LogP contribution in [0.25, 0.3) is 0 Å². The lowest BCUT2D eigenvalue weighted by Gasteiger charge is -2.38. The molecule has 0 bridgehead atoms. The number of likely N-dealkylation sites (tertiary alicyclic amines) is 1. The molecular formula is C15H22BrClN2O. The van der Waals surface area contributed by atoms with Gasteiger partial charge in [0, 0.05) is 29.2 Å². The highest BCUT2D eigenvalue weighted by Gasteiger charge is 2.29. The molecule has 2 rings (SSSR count). The minimum Gasteiger partial charge on any atom is -0.334 e. The lowest BCUT2D eigenvalue weighted by Crippen LogP contribution is -2.49. The van der Waals surface area contributed by atoms with Crippen molar-refractivity contribution in [3.8, 4) is 0 Å². The summed E-state index contributed by atoms with van der Waals surface area (Å²) in [6.45, 7) is 5.59. The number of aryl methyl sites for hydroxylation is 1. The van der Waals surface area contributed by atoms with Crippen molar-refractivity contribution < 1.29 is 4.79 Å². The summed E-state index contributed by atoms with van der Waals surface area (Å²) in [6, 6.07) is 6.02. The van der Waals surface area contributed by atoms with Crippen molar-refractivity contribution in [2.75, 3.05) is 13.1 Å². The number of carbonyl (C=O) groups excluding carboxylic acids is 1. The zero-order valence-electron chi connectivity index (χ0n) is 11.9. The van der Waals surface area contributed by atoms with Gasteiger partial charge in [0.1, 0.15) is 0 Å². The predicted octanol–water partition coefficient (Wildman–Crippen LogP) is 3.38. The van der Waals surface area contributed by atoms with Crippen LogP contribution < -0.4 is 5.73 Å². The van der Waals surface area contributed by atoms with E-state index in [0.29, 0.717) is 12.5 Å². The maximum Gasteiger partial charge on any atom is 0.254 e. The van der Waals surface area contributed by atoms with Gasteiger partial charge in [0.2, 0.25) is 0 Å². The van der Waals surface area contributed by atoms with Crippen LogP contribution in [0.4, 0.5) is 0 Å². The second-order valence-corrected chi connectivity index (χ2v) is 6.45. The standard InChI is InChI=1S/C15H21BrN2O.ClH/c1-10-3-4-18(14(7-10)9-17)15(19)12-5-11(2)6-13(16)8-12;/h5-6,8,10,14H,3-4,7,9,17H2,1-2H3;1H. The van der Waals surface area contributed by atoms with Crippen LogP contribution in [0.1, 0.15) is 35.7 Å². The van der Waals surface area contributed by atoms with E-state index in [-0.39, 0.29) is 24.4 Å². The first-order chi connectivity index (χ1) is 9.01. The molecule has 3 nitrogen and oxygen atoms in total. The second-order valence-electron chi connectivity index (χ2n) is 5.53. The smallest absolute Gasteiger partial charge is 0.254 e. The van der Waals surface area contributed by atoms with Gasteiger partial charge in [0.15, 0.2) is 0 Å². The number of piperidine rings is 1. The molecule has 0 spiro atoms. The van der Waals surface area contributed by atoms with E-state index in [9.17, 15) is 4.79 Å². The SMILES string of the molecule is Cc1cc(Br)cc(C(=O)N2CCC(C)CC2CN)c1.Cl. The van der Waals surface area contributed by atoms with Crippen molar-refractivity contribution in [1.82, 2.24) is 4.90 Å². The van der Waals surface area contributed by atoms with E-state index in [1.807, 2.05) is 30.0 Å². The number of benzene rings is 1. The normalized spacial score (nSPS) is 22.3. The van der Waals surface area contributed by atoms with Crippen LogP contribution in [0.15, 0.2) is 22.7 Å². The highest BCUT2D eigenvalue weighted by molar-refractivity contribution is 9.10. The highest BCUT2D eigenvalue weighted by Crippen LogP contribution is 2.25. The van der Waals surface area contributed by atoms with Crippen LogP contribution in [0.3, 0.4) is 0 Å². The van der Waals surface area contributed by atoms with E-state index < -0.39 is 0 Å². The molecule has 2 atom stereocenters. The van der Waals surface area contributed by atoms with Crippen LogP contribution in [0.2, 0.25) is 0 Å². The third-order valence-corrected chi connectivity index (χ3v) is 4.26. The molecule has 0 aromatic heterocycles. The number of amides is 1. The fraction of sp³-hybridized carbons (Fsp3) is 0.533. The molecule has 5 heteroatoms. The van der Waals surface area contributed by atoms with E-state index in [2.05, 4.69) is 22.9 Å². The van der Waals surface area contributed by atoms with Crippen LogP contribution in [0, 0.1) is 12.8 Å².